The van der Waals surface area contributed by atoms with Crippen molar-refractivity contribution < 1.29 is 4.74 Å². The summed E-state index contributed by atoms with van der Waals surface area (Å²) in [5.74, 6) is 2.01. The Morgan fingerprint density at radius 3 is 2.81 bits per heavy atom. The van der Waals surface area contributed by atoms with E-state index < -0.39 is 0 Å². The van der Waals surface area contributed by atoms with Crippen LogP contribution in [0.4, 0.5) is 0 Å². The van der Waals surface area contributed by atoms with Crippen molar-refractivity contribution in [2.75, 3.05) is 6.61 Å². The summed E-state index contributed by atoms with van der Waals surface area (Å²) >= 11 is 0. The van der Waals surface area contributed by atoms with Crippen LogP contribution in [0, 0.1) is 6.92 Å². The van der Waals surface area contributed by atoms with E-state index in [1.807, 2.05) is 24.0 Å². The van der Waals surface area contributed by atoms with Crippen LogP contribution in [0.3, 0.4) is 0 Å². The summed E-state index contributed by atoms with van der Waals surface area (Å²) in [6, 6.07) is 6.80. The number of benzene rings is 1. The van der Waals surface area contributed by atoms with Crippen molar-refractivity contribution in [3.63, 3.8) is 0 Å². The van der Waals surface area contributed by atoms with Crippen LogP contribution in [0.5, 0.6) is 5.75 Å². The first-order chi connectivity index (χ1) is 10.1. The largest absolute Gasteiger partial charge is 0.493 e. The van der Waals surface area contributed by atoms with Gasteiger partial charge in [0.25, 0.3) is 0 Å². The fourth-order valence-electron chi connectivity index (χ4n) is 2.19. The highest BCUT2D eigenvalue weighted by atomic mass is 16.5. The van der Waals surface area contributed by atoms with Gasteiger partial charge in [0.15, 0.2) is 0 Å². The van der Waals surface area contributed by atoms with Gasteiger partial charge in [-0.3, -0.25) is 0 Å². The van der Waals surface area contributed by atoms with Crippen molar-refractivity contribution in [3.8, 4) is 5.75 Å². The molecule has 0 aliphatic heterocycles. The van der Waals surface area contributed by atoms with Crippen LogP contribution in [0.25, 0.3) is 0 Å². The van der Waals surface area contributed by atoms with Gasteiger partial charge in [0.2, 0.25) is 0 Å². The van der Waals surface area contributed by atoms with Crippen LogP contribution in [0.1, 0.15) is 30.8 Å². The molecule has 114 valence electrons. The molecule has 0 atom stereocenters. The molecule has 0 amide bonds. The molecule has 0 radical (unpaired) electrons. The molecule has 0 saturated carbocycles. The summed E-state index contributed by atoms with van der Waals surface area (Å²) in [7, 11) is 2.01. The van der Waals surface area contributed by atoms with E-state index in [2.05, 4.69) is 49.3 Å². The Hall–Kier alpha value is -1.81. The second kappa shape index (κ2) is 7.27. The highest BCUT2D eigenvalue weighted by Crippen LogP contribution is 2.20. The van der Waals surface area contributed by atoms with Gasteiger partial charge < -0.3 is 14.6 Å². The molecular formula is C17H25N3O. The normalized spacial score (nSPS) is 11.1. The molecule has 1 aromatic carbocycles. The van der Waals surface area contributed by atoms with Crippen molar-refractivity contribution in [2.24, 2.45) is 7.05 Å². The third-order valence-corrected chi connectivity index (χ3v) is 3.42. The van der Waals surface area contributed by atoms with E-state index in [0.29, 0.717) is 12.6 Å². The molecule has 21 heavy (non-hydrogen) atoms. The quantitative estimate of drug-likeness (QED) is 0.851. The molecule has 4 heteroatoms. The number of nitrogens with one attached hydrogen (secondary N) is 1. The maximum atomic E-state index is 5.96. The van der Waals surface area contributed by atoms with Crippen LogP contribution < -0.4 is 10.1 Å². The molecule has 1 N–H and O–H groups in total. The second-order valence-electron chi connectivity index (χ2n) is 5.70. The second-order valence-corrected chi connectivity index (χ2v) is 5.70. The average molecular weight is 287 g/mol. The van der Waals surface area contributed by atoms with E-state index in [-0.39, 0.29) is 0 Å². The van der Waals surface area contributed by atoms with Gasteiger partial charge in [-0.2, -0.15) is 0 Å². The van der Waals surface area contributed by atoms with Crippen LogP contribution in [0.2, 0.25) is 0 Å². The minimum atomic E-state index is 0.464. The highest BCUT2D eigenvalue weighted by molar-refractivity contribution is 5.36. The fourth-order valence-corrected chi connectivity index (χ4v) is 2.19. The number of hydrogen-bond acceptors (Lipinski definition) is 3. The van der Waals surface area contributed by atoms with E-state index in [9.17, 15) is 0 Å². The van der Waals surface area contributed by atoms with Gasteiger partial charge in [-0.1, -0.05) is 31.5 Å². The van der Waals surface area contributed by atoms with Crippen molar-refractivity contribution >= 4 is 0 Å². The predicted molar refractivity (Wildman–Crippen MR) is 85.6 cm³/mol. The summed E-state index contributed by atoms with van der Waals surface area (Å²) in [5, 5.41) is 3.45. The van der Waals surface area contributed by atoms with Gasteiger partial charge in [0.05, 0.1) is 6.61 Å². The minimum Gasteiger partial charge on any atom is -0.493 e. The lowest BCUT2D eigenvalue weighted by molar-refractivity contribution is 0.313. The number of rotatable bonds is 7. The number of nitrogens with zero attached hydrogens (tertiary/aromatic N) is 2. The van der Waals surface area contributed by atoms with Crippen LogP contribution in [-0.4, -0.2) is 22.2 Å². The van der Waals surface area contributed by atoms with Gasteiger partial charge in [-0.25, -0.2) is 4.98 Å². The summed E-state index contributed by atoms with van der Waals surface area (Å²) in [6.45, 7) is 7.88. The topological polar surface area (TPSA) is 39.1 Å². The predicted octanol–water partition coefficient (Wildman–Crippen LogP) is 2.85. The lowest BCUT2D eigenvalue weighted by Crippen LogP contribution is -2.22. The first-order valence-corrected chi connectivity index (χ1v) is 7.48. The Balaban J connectivity index is 1.96. The first-order valence-electron chi connectivity index (χ1n) is 7.48. The molecule has 2 rings (SSSR count). The molecule has 0 saturated heterocycles. The van der Waals surface area contributed by atoms with Crippen molar-refractivity contribution in [1.82, 2.24) is 14.9 Å². The maximum absolute atomic E-state index is 5.96. The average Bonchev–Trinajstić information content (AvgIpc) is 2.84. The van der Waals surface area contributed by atoms with Gasteiger partial charge >= 0.3 is 0 Å². The molecule has 0 fully saturated rings. The number of ether oxygens (including phenoxy) is 1. The Morgan fingerprint density at radius 1 is 1.33 bits per heavy atom. The molecule has 1 aromatic heterocycles. The number of imidazole rings is 1. The van der Waals surface area contributed by atoms with E-state index in [1.165, 1.54) is 11.1 Å². The monoisotopic (exact) mass is 287 g/mol. The Labute approximate surface area is 127 Å². The highest BCUT2D eigenvalue weighted by Gasteiger charge is 2.06. The van der Waals surface area contributed by atoms with Crippen molar-refractivity contribution in [1.29, 1.82) is 0 Å². The molecule has 2 aromatic rings. The zero-order chi connectivity index (χ0) is 15.2. The van der Waals surface area contributed by atoms with Crippen LogP contribution in [0.15, 0.2) is 30.6 Å². The fraction of sp³-hybridized carbons (Fsp3) is 0.471. The number of hydrogen-bond donors (Lipinski definition) is 1. The molecule has 0 aliphatic carbocycles. The molecule has 1 heterocycles. The summed E-state index contributed by atoms with van der Waals surface area (Å²) in [5.41, 5.74) is 2.47. The van der Waals surface area contributed by atoms with E-state index >= 15 is 0 Å². The zero-order valence-electron chi connectivity index (χ0n) is 13.4. The molecule has 0 aliphatic rings. The van der Waals surface area contributed by atoms with Crippen molar-refractivity contribution in [3.05, 3.63) is 47.5 Å². The molecule has 0 unspecified atom stereocenters. The zero-order valence-corrected chi connectivity index (χ0v) is 13.4. The standard InChI is InChI=1S/C17H25N3O/c1-13(2)19-12-15-11-14(3)5-6-16(15)21-10-7-17-18-8-9-20(17)4/h5-6,8-9,11,13,19H,7,10,12H2,1-4H3. The molecule has 0 bridgehead atoms. The Morgan fingerprint density at radius 2 is 2.14 bits per heavy atom. The summed E-state index contributed by atoms with van der Waals surface area (Å²) in [6.07, 6.45) is 4.59. The van der Waals surface area contributed by atoms with Crippen molar-refractivity contribution in [2.45, 2.75) is 39.8 Å². The molecule has 4 nitrogen and oxygen atoms in total. The lowest BCUT2D eigenvalue weighted by Gasteiger charge is -2.14. The smallest absolute Gasteiger partial charge is 0.123 e. The third kappa shape index (κ3) is 4.60. The van der Waals surface area contributed by atoms with Gasteiger partial charge in [0, 0.05) is 44.0 Å². The van der Waals surface area contributed by atoms with Gasteiger partial charge in [-0.15, -0.1) is 0 Å². The minimum absolute atomic E-state index is 0.464. The van der Waals surface area contributed by atoms with E-state index in [4.69, 9.17) is 4.74 Å². The van der Waals surface area contributed by atoms with Gasteiger partial charge in [0.1, 0.15) is 11.6 Å². The summed E-state index contributed by atoms with van der Waals surface area (Å²) < 4.78 is 7.99. The van der Waals surface area contributed by atoms with Crippen LogP contribution in [-0.2, 0) is 20.0 Å². The van der Waals surface area contributed by atoms with Gasteiger partial charge in [-0.05, 0) is 13.0 Å². The van der Waals surface area contributed by atoms with E-state index in [1.54, 1.807) is 0 Å². The number of aryl methyl sites for hydroxylation is 2. The van der Waals surface area contributed by atoms with E-state index in [0.717, 1.165) is 24.5 Å². The third-order valence-electron chi connectivity index (χ3n) is 3.42. The summed E-state index contributed by atoms with van der Waals surface area (Å²) in [4.78, 5) is 4.31. The lowest BCUT2D eigenvalue weighted by atomic mass is 10.1. The maximum Gasteiger partial charge on any atom is 0.123 e. The Kier molecular flexibility index (Phi) is 5.39. The number of aromatic nitrogens is 2. The molecule has 0 spiro atoms. The molecular weight excluding hydrogens is 262 g/mol. The SMILES string of the molecule is Cc1ccc(OCCc2nccn2C)c(CNC(C)C)c1. The van der Waals surface area contributed by atoms with Crippen LogP contribution >= 0.6 is 0 Å². The Bertz CT molecular complexity index is 575. The first kappa shape index (κ1) is 15.6.